The van der Waals surface area contributed by atoms with E-state index in [1.807, 2.05) is 74.0 Å². The molecule has 2 unspecified atom stereocenters. The predicted molar refractivity (Wildman–Crippen MR) is 120 cm³/mol. The molecule has 0 bridgehead atoms. The van der Waals surface area contributed by atoms with Gasteiger partial charge in [0.25, 0.3) is 6.29 Å². The van der Waals surface area contributed by atoms with E-state index in [0.717, 1.165) is 35.0 Å². The number of hydrogen-bond donors (Lipinski definition) is 0. The zero-order valence-electron chi connectivity index (χ0n) is 19.6. The van der Waals surface area contributed by atoms with Gasteiger partial charge in [0.15, 0.2) is 0 Å². The highest BCUT2D eigenvalue weighted by molar-refractivity contribution is 5.92. The van der Waals surface area contributed by atoms with E-state index < -0.39 is 12.4 Å². The highest BCUT2D eigenvalue weighted by Gasteiger charge is 2.28. The van der Waals surface area contributed by atoms with E-state index in [0.29, 0.717) is 0 Å². The van der Waals surface area contributed by atoms with Crippen molar-refractivity contribution in [3.63, 3.8) is 0 Å². The molecule has 2 rings (SSSR count). The third-order valence-corrected chi connectivity index (χ3v) is 5.43. The fourth-order valence-electron chi connectivity index (χ4n) is 3.05. The molecule has 0 saturated carbocycles. The summed E-state index contributed by atoms with van der Waals surface area (Å²) >= 11 is 0. The molecule has 0 spiro atoms. The molecule has 2 aromatic rings. The Morgan fingerprint density at radius 3 is 2.27 bits per heavy atom. The summed E-state index contributed by atoms with van der Waals surface area (Å²) < 4.78 is 12.7. The van der Waals surface area contributed by atoms with Crippen molar-refractivity contribution in [2.45, 2.75) is 54.3 Å². The van der Waals surface area contributed by atoms with Crippen molar-refractivity contribution in [1.29, 1.82) is 0 Å². The van der Waals surface area contributed by atoms with Crippen LogP contribution < -0.4 is 0 Å². The molecule has 0 amide bonds. The molecule has 166 valence electrons. The van der Waals surface area contributed by atoms with E-state index in [1.54, 1.807) is 0 Å². The van der Waals surface area contributed by atoms with E-state index in [2.05, 4.69) is 11.0 Å². The lowest BCUT2D eigenvalue weighted by Crippen LogP contribution is -2.33. The summed E-state index contributed by atoms with van der Waals surface area (Å²) in [5, 5.41) is 1.04. The first-order valence-electron chi connectivity index (χ1n) is 10.7. The highest BCUT2D eigenvalue weighted by Crippen LogP contribution is 2.25. The molecule has 30 heavy (non-hydrogen) atoms. The zero-order valence-corrected chi connectivity index (χ0v) is 19.6. The Bertz CT molecular complexity index is 883. The van der Waals surface area contributed by atoms with Gasteiger partial charge in [0, 0.05) is 24.0 Å². The topological polar surface area (TPSA) is 60.8 Å². The van der Waals surface area contributed by atoms with Crippen molar-refractivity contribution in [3.05, 3.63) is 35.5 Å². The van der Waals surface area contributed by atoms with Crippen LogP contribution in [0, 0.1) is 24.7 Å². The van der Waals surface area contributed by atoms with E-state index in [9.17, 15) is 9.59 Å². The SMILES string of the molecule is Cc1ccc2c(c1)c(CCN(C)C)cn2C(=O)OC(OC(=O)C(C)C(C)C)C(C)C. The van der Waals surface area contributed by atoms with Gasteiger partial charge in [-0.3, -0.25) is 9.36 Å². The minimum absolute atomic E-state index is 0.150. The number of nitrogens with zero attached hydrogens (tertiary/aromatic N) is 2. The van der Waals surface area contributed by atoms with Gasteiger partial charge < -0.3 is 14.4 Å². The van der Waals surface area contributed by atoms with E-state index in [4.69, 9.17) is 9.47 Å². The van der Waals surface area contributed by atoms with Gasteiger partial charge >= 0.3 is 12.1 Å². The number of benzene rings is 1. The fourth-order valence-corrected chi connectivity index (χ4v) is 3.05. The Balaban J connectivity index is 2.28. The number of esters is 1. The Morgan fingerprint density at radius 1 is 1.03 bits per heavy atom. The standard InChI is InChI=1S/C24H36N2O4/c1-15(2)18(6)22(27)29-23(16(3)4)30-24(28)26-14-19(11-12-25(7)8)20-13-17(5)9-10-21(20)26/h9-10,13-16,18,23H,11-12H2,1-8H3. The van der Waals surface area contributed by atoms with Crippen LogP contribution in [0.1, 0.15) is 45.7 Å². The third kappa shape index (κ3) is 5.85. The van der Waals surface area contributed by atoms with Crippen molar-refractivity contribution in [2.24, 2.45) is 17.8 Å². The van der Waals surface area contributed by atoms with Gasteiger partial charge in [-0.15, -0.1) is 0 Å². The minimum atomic E-state index is -0.931. The Kier molecular flexibility index (Phi) is 8.07. The van der Waals surface area contributed by atoms with Crippen LogP contribution in [-0.4, -0.2) is 48.5 Å². The number of carbonyl (C=O) groups is 2. The number of rotatable bonds is 8. The van der Waals surface area contributed by atoms with Crippen LogP contribution in [-0.2, 0) is 20.7 Å². The van der Waals surface area contributed by atoms with Gasteiger partial charge in [-0.25, -0.2) is 4.79 Å². The summed E-state index contributed by atoms with van der Waals surface area (Å²) in [6, 6.07) is 6.00. The smallest absolute Gasteiger partial charge is 0.421 e. The second kappa shape index (κ2) is 10.1. The lowest BCUT2D eigenvalue weighted by atomic mass is 9.98. The van der Waals surface area contributed by atoms with Crippen molar-refractivity contribution in [1.82, 2.24) is 9.47 Å². The first kappa shape index (κ1) is 23.9. The van der Waals surface area contributed by atoms with Crippen molar-refractivity contribution in [3.8, 4) is 0 Å². The Morgan fingerprint density at radius 2 is 1.70 bits per heavy atom. The zero-order chi connectivity index (χ0) is 22.6. The molecule has 1 aromatic heterocycles. The van der Waals surface area contributed by atoms with E-state index in [-0.39, 0.29) is 23.7 Å². The number of ether oxygens (including phenoxy) is 2. The first-order valence-corrected chi connectivity index (χ1v) is 10.7. The average molecular weight is 417 g/mol. The summed E-state index contributed by atoms with van der Waals surface area (Å²) in [6.07, 6.45) is 1.19. The lowest BCUT2D eigenvalue weighted by molar-refractivity contribution is -0.180. The number of likely N-dealkylation sites (N-methyl/N-ethyl adjacent to an activating group) is 1. The van der Waals surface area contributed by atoms with Crippen LogP contribution in [0.5, 0.6) is 0 Å². The first-order chi connectivity index (χ1) is 14.0. The third-order valence-electron chi connectivity index (χ3n) is 5.43. The van der Waals surface area contributed by atoms with Crippen molar-refractivity contribution in [2.75, 3.05) is 20.6 Å². The van der Waals surface area contributed by atoms with Gasteiger partial charge in [0.1, 0.15) is 0 Å². The van der Waals surface area contributed by atoms with Crippen LogP contribution in [0.4, 0.5) is 4.79 Å². The molecular weight excluding hydrogens is 380 g/mol. The van der Waals surface area contributed by atoms with Gasteiger partial charge in [0.2, 0.25) is 0 Å². The Labute approximate surface area is 180 Å². The molecule has 6 heteroatoms. The number of carbonyl (C=O) groups excluding carboxylic acids is 2. The maximum atomic E-state index is 13.0. The second-order valence-electron chi connectivity index (χ2n) is 9.06. The van der Waals surface area contributed by atoms with Gasteiger partial charge in [-0.05, 0) is 51.1 Å². The molecular formula is C24H36N2O4. The maximum Gasteiger partial charge on any atom is 0.421 e. The van der Waals surface area contributed by atoms with Crippen LogP contribution >= 0.6 is 0 Å². The number of aromatic nitrogens is 1. The molecule has 0 aliphatic rings. The molecule has 2 atom stereocenters. The molecule has 6 nitrogen and oxygen atoms in total. The molecule has 0 radical (unpaired) electrons. The maximum absolute atomic E-state index is 13.0. The van der Waals surface area contributed by atoms with E-state index >= 15 is 0 Å². The number of fused-ring (bicyclic) bond motifs is 1. The summed E-state index contributed by atoms with van der Waals surface area (Å²) in [5.74, 6) is -0.624. The normalized spacial score (nSPS) is 13.8. The molecule has 0 aliphatic carbocycles. The summed E-state index contributed by atoms with van der Waals surface area (Å²) in [7, 11) is 4.05. The van der Waals surface area contributed by atoms with Crippen LogP contribution in [0.3, 0.4) is 0 Å². The highest BCUT2D eigenvalue weighted by atomic mass is 16.7. The Hall–Kier alpha value is -2.34. The summed E-state index contributed by atoms with van der Waals surface area (Å²) in [4.78, 5) is 27.5. The van der Waals surface area contributed by atoms with Crippen molar-refractivity contribution >= 4 is 23.0 Å². The molecule has 1 heterocycles. The summed E-state index contributed by atoms with van der Waals surface area (Å²) in [5.41, 5.74) is 3.02. The fraction of sp³-hybridized carbons (Fsp3) is 0.583. The van der Waals surface area contributed by atoms with Crippen molar-refractivity contribution < 1.29 is 19.1 Å². The van der Waals surface area contributed by atoms with Gasteiger partial charge in [-0.2, -0.15) is 0 Å². The molecule has 0 fully saturated rings. The van der Waals surface area contributed by atoms with Crippen LogP contribution in [0.2, 0.25) is 0 Å². The predicted octanol–water partition coefficient (Wildman–Crippen LogP) is 4.86. The average Bonchev–Trinajstić information content (AvgIpc) is 3.02. The van der Waals surface area contributed by atoms with E-state index in [1.165, 1.54) is 4.57 Å². The monoisotopic (exact) mass is 416 g/mol. The molecule has 0 aliphatic heterocycles. The van der Waals surface area contributed by atoms with Gasteiger partial charge in [0.05, 0.1) is 11.4 Å². The number of aryl methyl sites for hydroxylation is 1. The second-order valence-corrected chi connectivity index (χ2v) is 9.06. The van der Waals surface area contributed by atoms with Crippen LogP contribution in [0.15, 0.2) is 24.4 Å². The summed E-state index contributed by atoms with van der Waals surface area (Å²) in [6.45, 7) is 12.4. The lowest BCUT2D eigenvalue weighted by Gasteiger charge is -2.24. The van der Waals surface area contributed by atoms with Gasteiger partial charge in [-0.1, -0.05) is 46.2 Å². The van der Waals surface area contributed by atoms with Crippen LogP contribution in [0.25, 0.3) is 10.9 Å². The molecule has 0 saturated heterocycles. The minimum Gasteiger partial charge on any atom is -0.425 e. The quantitative estimate of drug-likeness (QED) is 0.454. The number of hydrogen-bond acceptors (Lipinski definition) is 5. The molecule has 0 N–H and O–H groups in total. The largest absolute Gasteiger partial charge is 0.425 e. The molecule has 1 aromatic carbocycles.